The van der Waals surface area contributed by atoms with E-state index >= 15 is 0 Å². The molecule has 3 rings (SSSR count). The lowest BCUT2D eigenvalue weighted by molar-refractivity contribution is 0.117. The van der Waals surface area contributed by atoms with Crippen molar-refractivity contribution in [2.24, 2.45) is 0 Å². The van der Waals surface area contributed by atoms with E-state index in [1.54, 1.807) is 7.11 Å². The molecule has 2 aromatic heterocycles. The van der Waals surface area contributed by atoms with Gasteiger partial charge in [-0.2, -0.15) is 4.98 Å². The molecule has 2 aromatic rings. The number of nitrogens with zero attached hydrogens (tertiary/aromatic N) is 3. The van der Waals surface area contributed by atoms with Gasteiger partial charge in [-0.05, 0) is 43.7 Å². The molecule has 0 amide bonds. The van der Waals surface area contributed by atoms with E-state index in [2.05, 4.69) is 32.6 Å². The Morgan fingerprint density at radius 3 is 3.23 bits per heavy atom. The van der Waals surface area contributed by atoms with Gasteiger partial charge in [0.15, 0.2) is 5.82 Å². The summed E-state index contributed by atoms with van der Waals surface area (Å²) in [7, 11) is 1.64. The van der Waals surface area contributed by atoms with Gasteiger partial charge in [0.05, 0.1) is 6.54 Å². The van der Waals surface area contributed by atoms with Gasteiger partial charge in [-0.25, -0.2) is 0 Å². The van der Waals surface area contributed by atoms with Gasteiger partial charge in [-0.15, -0.1) is 11.3 Å². The highest BCUT2D eigenvalue weighted by Gasteiger charge is 2.24. The molecule has 120 valence electrons. The number of aryl methyl sites for hydroxylation is 1. The summed E-state index contributed by atoms with van der Waals surface area (Å²) < 4.78 is 10.4. The SMILES string of the molecule is COCc1noc(CN2CCCC[C@@H]2CCc2cccs2)n1. The van der Waals surface area contributed by atoms with E-state index in [0.717, 1.165) is 19.5 Å². The summed E-state index contributed by atoms with van der Waals surface area (Å²) in [5, 5.41) is 6.10. The van der Waals surface area contributed by atoms with Gasteiger partial charge in [-0.1, -0.05) is 17.6 Å². The summed E-state index contributed by atoms with van der Waals surface area (Å²) in [6.45, 7) is 2.29. The van der Waals surface area contributed by atoms with Crippen molar-refractivity contribution in [1.82, 2.24) is 15.0 Å². The third-order valence-corrected chi connectivity index (χ3v) is 5.11. The third-order valence-electron chi connectivity index (χ3n) is 4.18. The van der Waals surface area contributed by atoms with E-state index in [-0.39, 0.29) is 0 Å². The normalized spacial score (nSPS) is 19.6. The molecule has 0 aromatic carbocycles. The molecule has 0 aliphatic carbocycles. The van der Waals surface area contributed by atoms with Crippen molar-refractivity contribution in [3.05, 3.63) is 34.1 Å². The summed E-state index contributed by atoms with van der Waals surface area (Å²) in [5.74, 6) is 1.33. The van der Waals surface area contributed by atoms with Crippen molar-refractivity contribution in [3.8, 4) is 0 Å². The minimum atomic E-state index is 0.408. The van der Waals surface area contributed by atoms with Crippen molar-refractivity contribution in [1.29, 1.82) is 0 Å². The molecule has 22 heavy (non-hydrogen) atoms. The molecular formula is C16H23N3O2S. The highest BCUT2D eigenvalue weighted by molar-refractivity contribution is 7.09. The van der Waals surface area contributed by atoms with Crippen LogP contribution in [0.5, 0.6) is 0 Å². The first-order valence-electron chi connectivity index (χ1n) is 7.92. The fourth-order valence-electron chi connectivity index (χ4n) is 3.07. The largest absolute Gasteiger partial charge is 0.377 e. The van der Waals surface area contributed by atoms with Crippen LogP contribution < -0.4 is 0 Å². The number of ether oxygens (including phenoxy) is 1. The zero-order chi connectivity index (χ0) is 15.2. The van der Waals surface area contributed by atoms with Gasteiger partial charge in [0.25, 0.3) is 0 Å². The van der Waals surface area contributed by atoms with Gasteiger partial charge >= 0.3 is 0 Å². The first-order chi connectivity index (χ1) is 10.8. The highest BCUT2D eigenvalue weighted by atomic mass is 32.1. The van der Waals surface area contributed by atoms with Crippen LogP contribution in [-0.4, -0.2) is 34.7 Å². The average molecular weight is 321 g/mol. The fraction of sp³-hybridized carbons (Fsp3) is 0.625. The van der Waals surface area contributed by atoms with E-state index in [1.165, 1.54) is 30.6 Å². The quantitative estimate of drug-likeness (QED) is 0.783. The van der Waals surface area contributed by atoms with Crippen molar-refractivity contribution in [2.45, 2.75) is 51.3 Å². The van der Waals surface area contributed by atoms with Gasteiger partial charge < -0.3 is 9.26 Å². The van der Waals surface area contributed by atoms with Crippen LogP contribution >= 0.6 is 11.3 Å². The van der Waals surface area contributed by atoms with E-state index in [4.69, 9.17) is 9.26 Å². The molecule has 1 atom stereocenters. The Hall–Kier alpha value is -1.24. The van der Waals surface area contributed by atoms with Crippen LogP contribution in [0, 0.1) is 0 Å². The Morgan fingerprint density at radius 1 is 1.45 bits per heavy atom. The summed E-state index contributed by atoms with van der Waals surface area (Å²) in [5.41, 5.74) is 0. The van der Waals surface area contributed by atoms with Gasteiger partial charge in [0.1, 0.15) is 6.61 Å². The standard InChI is InChI=1S/C16H23N3O2S/c1-20-12-15-17-16(21-18-15)11-19-9-3-2-5-13(19)7-8-14-6-4-10-22-14/h4,6,10,13H,2-3,5,7-9,11-12H2,1H3/t13-/m1/s1. The van der Waals surface area contributed by atoms with Gasteiger partial charge in [0.2, 0.25) is 5.89 Å². The Labute approximate surface area is 135 Å². The van der Waals surface area contributed by atoms with Gasteiger partial charge in [0, 0.05) is 18.0 Å². The number of likely N-dealkylation sites (tertiary alicyclic amines) is 1. The lowest BCUT2D eigenvalue weighted by Crippen LogP contribution is -2.39. The smallest absolute Gasteiger partial charge is 0.240 e. The topological polar surface area (TPSA) is 51.4 Å². The minimum Gasteiger partial charge on any atom is -0.377 e. The molecule has 5 nitrogen and oxygen atoms in total. The van der Waals surface area contributed by atoms with Crippen molar-refractivity contribution in [3.63, 3.8) is 0 Å². The second-order valence-corrected chi connectivity index (χ2v) is 6.81. The molecule has 0 spiro atoms. The number of hydrogen-bond donors (Lipinski definition) is 0. The maximum atomic E-state index is 5.34. The monoisotopic (exact) mass is 321 g/mol. The second kappa shape index (κ2) is 7.85. The molecule has 0 unspecified atom stereocenters. The molecule has 1 aliphatic rings. The molecule has 0 radical (unpaired) electrons. The van der Waals surface area contributed by atoms with Crippen molar-refractivity contribution < 1.29 is 9.26 Å². The molecule has 6 heteroatoms. The molecule has 3 heterocycles. The Balaban J connectivity index is 1.56. The number of piperidine rings is 1. The summed E-state index contributed by atoms with van der Waals surface area (Å²) in [6.07, 6.45) is 6.22. The molecular weight excluding hydrogens is 298 g/mol. The Morgan fingerprint density at radius 2 is 2.41 bits per heavy atom. The summed E-state index contributed by atoms with van der Waals surface area (Å²) in [4.78, 5) is 8.37. The fourth-order valence-corrected chi connectivity index (χ4v) is 3.80. The van der Waals surface area contributed by atoms with E-state index in [9.17, 15) is 0 Å². The lowest BCUT2D eigenvalue weighted by Gasteiger charge is -2.34. The molecule has 0 bridgehead atoms. The Bertz CT molecular complexity index is 556. The maximum absolute atomic E-state index is 5.34. The number of rotatable bonds is 7. The predicted molar refractivity (Wildman–Crippen MR) is 85.7 cm³/mol. The minimum absolute atomic E-state index is 0.408. The van der Waals surface area contributed by atoms with Crippen LogP contribution in [0.2, 0.25) is 0 Å². The van der Waals surface area contributed by atoms with E-state index in [0.29, 0.717) is 24.4 Å². The zero-order valence-electron chi connectivity index (χ0n) is 13.0. The summed E-state index contributed by atoms with van der Waals surface area (Å²) in [6, 6.07) is 4.98. The van der Waals surface area contributed by atoms with Crippen LogP contribution in [0.4, 0.5) is 0 Å². The number of hydrogen-bond acceptors (Lipinski definition) is 6. The molecule has 0 N–H and O–H groups in total. The number of aromatic nitrogens is 2. The van der Waals surface area contributed by atoms with Crippen LogP contribution in [0.15, 0.2) is 22.0 Å². The van der Waals surface area contributed by atoms with E-state index < -0.39 is 0 Å². The molecule has 1 aliphatic heterocycles. The van der Waals surface area contributed by atoms with E-state index in [1.807, 2.05) is 11.3 Å². The number of methoxy groups -OCH3 is 1. The third kappa shape index (κ3) is 4.15. The first-order valence-corrected chi connectivity index (χ1v) is 8.80. The molecule has 0 saturated carbocycles. The van der Waals surface area contributed by atoms with Crippen LogP contribution in [0.1, 0.15) is 42.3 Å². The van der Waals surface area contributed by atoms with Crippen molar-refractivity contribution >= 4 is 11.3 Å². The van der Waals surface area contributed by atoms with Crippen LogP contribution in [0.3, 0.4) is 0 Å². The predicted octanol–water partition coefficient (Wildman–Crippen LogP) is 3.26. The zero-order valence-corrected chi connectivity index (χ0v) is 13.8. The second-order valence-electron chi connectivity index (χ2n) is 5.78. The Kier molecular flexibility index (Phi) is 5.58. The van der Waals surface area contributed by atoms with Crippen LogP contribution in [-0.2, 0) is 24.3 Å². The van der Waals surface area contributed by atoms with Crippen molar-refractivity contribution in [2.75, 3.05) is 13.7 Å². The lowest BCUT2D eigenvalue weighted by atomic mass is 9.97. The van der Waals surface area contributed by atoms with Crippen LogP contribution in [0.25, 0.3) is 0 Å². The number of thiophene rings is 1. The molecule has 1 saturated heterocycles. The average Bonchev–Trinajstić information content (AvgIpc) is 3.19. The first kappa shape index (κ1) is 15.6. The van der Waals surface area contributed by atoms with Gasteiger partial charge in [-0.3, -0.25) is 4.90 Å². The molecule has 1 fully saturated rings. The maximum Gasteiger partial charge on any atom is 0.240 e. The summed E-state index contributed by atoms with van der Waals surface area (Å²) >= 11 is 1.85. The highest BCUT2D eigenvalue weighted by Crippen LogP contribution is 2.24.